The van der Waals surface area contributed by atoms with Gasteiger partial charge in [0.2, 0.25) is 21.8 Å². The first-order valence-corrected chi connectivity index (χ1v) is 13.5. The van der Waals surface area contributed by atoms with Crippen LogP contribution in [-0.4, -0.2) is 50.0 Å². The Morgan fingerprint density at radius 2 is 1.62 bits per heavy atom. The van der Waals surface area contributed by atoms with E-state index in [9.17, 15) is 18.0 Å². The van der Waals surface area contributed by atoms with E-state index in [1.165, 1.54) is 11.0 Å². The number of nitrogens with zero attached hydrogens (tertiary/aromatic N) is 2. The van der Waals surface area contributed by atoms with Crippen LogP contribution in [0.25, 0.3) is 0 Å². The van der Waals surface area contributed by atoms with Crippen LogP contribution >= 0.6 is 34.8 Å². The van der Waals surface area contributed by atoms with Gasteiger partial charge in [-0.1, -0.05) is 46.9 Å². The molecule has 0 aliphatic rings. The fraction of sp³-hybridized carbons (Fsp3) is 0.391. The SMILES string of the molecule is Cc1ccc(N(CC(=O)N(Cc2ccc(Cl)c(Cl)c2)C(C)C(=O)NC(C)C)S(C)(=O)=O)cc1Cl. The van der Waals surface area contributed by atoms with E-state index in [4.69, 9.17) is 34.8 Å². The molecule has 0 saturated carbocycles. The highest BCUT2D eigenvalue weighted by Crippen LogP contribution is 2.26. The van der Waals surface area contributed by atoms with Crippen LogP contribution in [0, 0.1) is 6.92 Å². The molecule has 0 aliphatic heterocycles. The number of rotatable bonds is 9. The predicted octanol–water partition coefficient (Wildman–Crippen LogP) is 4.66. The average molecular weight is 549 g/mol. The standard InChI is InChI=1S/C23H28Cl3N3O4S/c1-14(2)27-23(31)16(4)28(12-17-7-9-19(24)21(26)10-17)22(30)13-29(34(5,32)33)18-8-6-15(3)20(25)11-18/h6-11,14,16H,12-13H2,1-5H3,(H,27,31). The normalized spacial score (nSPS) is 12.4. The molecule has 2 amide bonds. The largest absolute Gasteiger partial charge is 0.352 e. The molecule has 0 radical (unpaired) electrons. The number of sulfonamides is 1. The molecular formula is C23H28Cl3N3O4S. The third-order valence-electron chi connectivity index (χ3n) is 5.06. The first kappa shape index (κ1) is 28.2. The lowest BCUT2D eigenvalue weighted by Gasteiger charge is -2.32. The summed E-state index contributed by atoms with van der Waals surface area (Å²) >= 11 is 18.3. The van der Waals surface area contributed by atoms with Crippen molar-refractivity contribution in [3.8, 4) is 0 Å². The molecule has 2 rings (SSSR count). The lowest BCUT2D eigenvalue weighted by molar-refractivity contribution is -0.139. The number of halogens is 3. The molecule has 2 aromatic rings. The molecule has 0 saturated heterocycles. The number of amides is 2. The van der Waals surface area contributed by atoms with E-state index in [-0.39, 0.29) is 24.2 Å². The van der Waals surface area contributed by atoms with Crippen molar-refractivity contribution in [3.05, 3.63) is 62.6 Å². The minimum atomic E-state index is -3.84. The summed E-state index contributed by atoms with van der Waals surface area (Å²) in [4.78, 5) is 27.5. The molecule has 0 aromatic heterocycles. The Morgan fingerprint density at radius 3 is 2.15 bits per heavy atom. The van der Waals surface area contributed by atoms with Crippen LogP contribution in [0.1, 0.15) is 31.9 Å². The predicted molar refractivity (Wildman–Crippen MR) is 138 cm³/mol. The van der Waals surface area contributed by atoms with E-state index in [0.717, 1.165) is 16.1 Å². The number of nitrogens with one attached hydrogen (secondary N) is 1. The second kappa shape index (κ2) is 11.6. The zero-order valence-corrected chi connectivity index (χ0v) is 22.7. The van der Waals surface area contributed by atoms with Crippen LogP contribution in [0.3, 0.4) is 0 Å². The maximum Gasteiger partial charge on any atom is 0.244 e. The first-order chi connectivity index (χ1) is 15.7. The van der Waals surface area contributed by atoms with Gasteiger partial charge in [-0.05, 0) is 63.1 Å². The molecule has 34 heavy (non-hydrogen) atoms. The van der Waals surface area contributed by atoms with Crippen molar-refractivity contribution in [2.45, 2.75) is 46.3 Å². The summed E-state index contributed by atoms with van der Waals surface area (Å²) in [6.45, 7) is 6.49. The second-order valence-electron chi connectivity index (χ2n) is 8.31. The van der Waals surface area contributed by atoms with Gasteiger partial charge in [0.1, 0.15) is 12.6 Å². The summed E-state index contributed by atoms with van der Waals surface area (Å²) in [5.74, 6) is -0.938. The number of hydrogen-bond donors (Lipinski definition) is 1. The van der Waals surface area contributed by atoms with Gasteiger partial charge in [0.25, 0.3) is 0 Å². The molecule has 1 unspecified atom stereocenters. The molecule has 0 spiro atoms. The topological polar surface area (TPSA) is 86.8 Å². The van der Waals surface area contributed by atoms with Crippen LogP contribution in [-0.2, 0) is 26.2 Å². The molecule has 0 heterocycles. The van der Waals surface area contributed by atoms with Gasteiger partial charge in [-0.2, -0.15) is 0 Å². The molecule has 0 bridgehead atoms. The summed E-state index contributed by atoms with van der Waals surface area (Å²) in [5.41, 5.74) is 1.65. The maximum absolute atomic E-state index is 13.5. The number of anilines is 1. The van der Waals surface area contributed by atoms with Gasteiger partial charge in [-0.15, -0.1) is 0 Å². The summed E-state index contributed by atoms with van der Waals surface area (Å²) in [7, 11) is -3.84. The van der Waals surface area contributed by atoms with Crippen LogP contribution in [0.4, 0.5) is 5.69 Å². The molecule has 7 nitrogen and oxygen atoms in total. The molecule has 2 aromatic carbocycles. The molecule has 11 heteroatoms. The number of carbonyl (C=O) groups excluding carboxylic acids is 2. The molecule has 0 fully saturated rings. The van der Waals surface area contributed by atoms with Crippen molar-refractivity contribution in [3.63, 3.8) is 0 Å². The minimum Gasteiger partial charge on any atom is -0.352 e. The van der Waals surface area contributed by atoms with Gasteiger partial charge >= 0.3 is 0 Å². The highest BCUT2D eigenvalue weighted by Gasteiger charge is 2.30. The van der Waals surface area contributed by atoms with Crippen molar-refractivity contribution in [1.82, 2.24) is 10.2 Å². The third-order valence-corrected chi connectivity index (χ3v) is 7.34. The summed E-state index contributed by atoms with van der Waals surface area (Å²) in [5, 5.41) is 3.81. The van der Waals surface area contributed by atoms with Crippen LogP contribution in [0.15, 0.2) is 36.4 Å². The van der Waals surface area contributed by atoms with Gasteiger partial charge in [0.05, 0.1) is 22.0 Å². The van der Waals surface area contributed by atoms with Crippen molar-refractivity contribution < 1.29 is 18.0 Å². The molecule has 186 valence electrons. The van der Waals surface area contributed by atoms with E-state index in [0.29, 0.717) is 20.6 Å². The maximum atomic E-state index is 13.5. The Balaban J connectivity index is 2.43. The van der Waals surface area contributed by atoms with Crippen molar-refractivity contribution in [2.75, 3.05) is 17.1 Å². The van der Waals surface area contributed by atoms with Crippen LogP contribution in [0.5, 0.6) is 0 Å². The minimum absolute atomic E-state index is 0.0225. The Bertz CT molecular complexity index is 1170. The Labute approximate surface area is 216 Å². The summed E-state index contributed by atoms with van der Waals surface area (Å²) < 4.78 is 26.1. The Kier molecular flexibility index (Phi) is 9.65. The Morgan fingerprint density at radius 1 is 0.971 bits per heavy atom. The molecule has 1 atom stereocenters. The third kappa shape index (κ3) is 7.50. The average Bonchev–Trinajstić information content (AvgIpc) is 2.72. The first-order valence-electron chi connectivity index (χ1n) is 10.5. The monoisotopic (exact) mass is 547 g/mol. The van der Waals surface area contributed by atoms with Crippen molar-refractivity contribution >= 4 is 62.3 Å². The van der Waals surface area contributed by atoms with Crippen molar-refractivity contribution in [1.29, 1.82) is 0 Å². The number of hydrogen-bond acceptors (Lipinski definition) is 4. The summed E-state index contributed by atoms with van der Waals surface area (Å²) in [6, 6.07) is 8.61. The van der Waals surface area contributed by atoms with Crippen molar-refractivity contribution in [2.24, 2.45) is 0 Å². The van der Waals surface area contributed by atoms with E-state index >= 15 is 0 Å². The van der Waals surface area contributed by atoms with Crippen LogP contribution in [0.2, 0.25) is 15.1 Å². The highest BCUT2D eigenvalue weighted by atomic mass is 35.5. The smallest absolute Gasteiger partial charge is 0.244 e. The second-order valence-corrected chi connectivity index (χ2v) is 11.4. The fourth-order valence-electron chi connectivity index (χ4n) is 3.17. The molecule has 0 aliphatic carbocycles. The number of benzene rings is 2. The van der Waals surface area contributed by atoms with E-state index in [2.05, 4.69) is 5.32 Å². The van der Waals surface area contributed by atoms with E-state index in [1.807, 2.05) is 13.8 Å². The zero-order chi connectivity index (χ0) is 25.8. The fourth-order valence-corrected chi connectivity index (χ4v) is 4.51. The summed E-state index contributed by atoms with van der Waals surface area (Å²) in [6.07, 6.45) is 1.01. The van der Waals surface area contributed by atoms with E-state index < -0.39 is 28.5 Å². The quantitative estimate of drug-likeness (QED) is 0.494. The van der Waals surface area contributed by atoms with Crippen LogP contribution < -0.4 is 9.62 Å². The zero-order valence-electron chi connectivity index (χ0n) is 19.6. The van der Waals surface area contributed by atoms with Gasteiger partial charge in [0.15, 0.2) is 0 Å². The molecule has 1 N–H and O–H groups in total. The van der Waals surface area contributed by atoms with Gasteiger partial charge in [-0.25, -0.2) is 8.42 Å². The number of carbonyl (C=O) groups is 2. The van der Waals surface area contributed by atoms with Gasteiger partial charge in [-0.3, -0.25) is 13.9 Å². The number of aryl methyl sites for hydroxylation is 1. The lowest BCUT2D eigenvalue weighted by atomic mass is 10.1. The van der Waals surface area contributed by atoms with Gasteiger partial charge in [0, 0.05) is 17.6 Å². The highest BCUT2D eigenvalue weighted by molar-refractivity contribution is 7.92. The molecular weight excluding hydrogens is 521 g/mol. The lowest BCUT2D eigenvalue weighted by Crippen LogP contribution is -2.52. The Hall–Kier alpha value is -2.00. The van der Waals surface area contributed by atoms with E-state index in [1.54, 1.807) is 44.2 Å². The van der Waals surface area contributed by atoms with Gasteiger partial charge < -0.3 is 10.2 Å².